The van der Waals surface area contributed by atoms with Gasteiger partial charge in [-0.25, -0.2) is 14.8 Å². The maximum absolute atomic E-state index is 13.3. The van der Waals surface area contributed by atoms with Crippen LogP contribution in [0.5, 0.6) is 5.75 Å². The van der Waals surface area contributed by atoms with Crippen LogP contribution in [0.4, 0.5) is 29.5 Å². The number of hydrogen-bond donors (Lipinski definition) is 2. The summed E-state index contributed by atoms with van der Waals surface area (Å²) in [6.45, 7) is 1.84. The lowest BCUT2D eigenvalue weighted by atomic mass is 10.0. The molecule has 0 aliphatic carbocycles. The van der Waals surface area contributed by atoms with Crippen LogP contribution in [-0.4, -0.2) is 54.8 Å². The number of nitro groups is 1. The molecule has 15 heteroatoms. The van der Waals surface area contributed by atoms with Gasteiger partial charge >= 0.3 is 12.3 Å². The van der Waals surface area contributed by atoms with E-state index in [9.17, 15) is 32.9 Å². The van der Waals surface area contributed by atoms with Crippen molar-refractivity contribution in [3.63, 3.8) is 0 Å². The molecule has 1 aliphatic heterocycles. The molecule has 1 aromatic carbocycles. The number of alkyl halides is 3. The first kappa shape index (κ1) is 25.7. The van der Waals surface area contributed by atoms with Gasteiger partial charge < -0.3 is 20.1 Å². The van der Waals surface area contributed by atoms with Crippen molar-refractivity contribution in [3.8, 4) is 5.75 Å². The summed E-state index contributed by atoms with van der Waals surface area (Å²) in [5.74, 6) is 0.0732. The van der Waals surface area contributed by atoms with Gasteiger partial charge in [-0.15, -0.1) is 0 Å². The van der Waals surface area contributed by atoms with Gasteiger partial charge in [0.25, 0.3) is 11.2 Å². The normalized spacial score (nSPS) is 16.6. The number of fused-ring (bicyclic) bond motifs is 1. The first-order valence-corrected chi connectivity index (χ1v) is 11.0. The van der Waals surface area contributed by atoms with Crippen molar-refractivity contribution < 1.29 is 32.7 Å². The van der Waals surface area contributed by atoms with Gasteiger partial charge in [-0.3, -0.25) is 19.5 Å². The number of non-ortho nitro benzene ring substituents is 1. The number of nitrogens with one attached hydrogen (secondary N) is 1. The number of carboxylic acid groups (broad SMARTS) is 1. The number of hydrogen-bond acceptors (Lipinski definition) is 8. The third-order valence-corrected chi connectivity index (χ3v) is 6.01. The molecule has 2 N–H and O–H groups in total. The Morgan fingerprint density at radius 3 is 2.65 bits per heavy atom. The van der Waals surface area contributed by atoms with Crippen LogP contribution >= 0.6 is 0 Å². The summed E-state index contributed by atoms with van der Waals surface area (Å²) >= 11 is 0. The molecule has 1 fully saturated rings. The van der Waals surface area contributed by atoms with Crippen molar-refractivity contribution in [1.82, 2.24) is 19.4 Å². The van der Waals surface area contributed by atoms with E-state index >= 15 is 0 Å². The van der Waals surface area contributed by atoms with Gasteiger partial charge in [0.15, 0.2) is 5.75 Å². The number of benzene rings is 1. The number of pyridine rings is 1. The SMILES string of the molecule is C[C@@H](Nc1ncnc2c1cc(O[C@@H]1CCN(C(=O)O)C1)c(=O)n2C)c1cc([N+](=O)[O-])cc(C(F)(F)F)c1. The van der Waals surface area contributed by atoms with E-state index < -0.39 is 46.1 Å². The Morgan fingerprint density at radius 1 is 1.30 bits per heavy atom. The molecule has 12 nitrogen and oxygen atoms in total. The highest BCUT2D eigenvalue weighted by atomic mass is 19.4. The predicted octanol–water partition coefficient (Wildman–Crippen LogP) is 3.56. The first-order chi connectivity index (χ1) is 17.3. The molecule has 37 heavy (non-hydrogen) atoms. The molecule has 0 unspecified atom stereocenters. The highest BCUT2D eigenvalue weighted by molar-refractivity contribution is 5.87. The molecule has 3 aromatic rings. The number of amides is 1. The Labute approximate surface area is 206 Å². The number of ether oxygens (including phenoxy) is 1. The van der Waals surface area contributed by atoms with Crippen LogP contribution in [0.3, 0.4) is 0 Å². The summed E-state index contributed by atoms with van der Waals surface area (Å²) < 4.78 is 47.0. The number of carbonyl (C=O) groups is 1. The number of likely N-dealkylation sites (tertiary alicyclic amines) is 1. The fraction of sp³-hybridized carbons (Fsp3) is 0.364. The Morgan fingerprint density at radius 2 is 2.03 bits per heavy atom. The number of anilines is 1. The lowest BCUT2D eigenvalue weighted by Gasteiger charge is -2.19. The third-order valence-electron chi connectivity index (χ3n) is 6.01. The van der Waals surface area contributed by atoms with E-state index in [1.54, 1.807) is 0 Å². The monoisotopic (exact) mass is 522 g/mol. The molecule has 4 rings (SSSR count). The highest BCUT2D eigenvalue weighted by Gasteiger charge is 2.33. The second-order valence-corrected chi connectivity index (χ2v) is 8.52. The summed E-state index contributed by atoms with van der Waals surface area (Å²) in [6, 6.07) is 2.83. The third kappa shape index (κ3) is 5.24. The van der Waals surface area contributed by atoms with Crippen LogP contribution in [0.2, 0.25) is 0 Å². The van der Waals surface area contributed by atoms with E-state index in [4.69, 9.17) is 9.84 Å². The van der Waals surface area contributed by atoms with E-state index in [2.05, 4.69) is 15.3 Å². The molecule has 2 aromatic heterocycles. The maximum atomic E-state index is 13.3. The Kier molecular flexibility index (Phi) is 6.62. The topological polar surface area (TPSA) is 153 Å². The fourth-order valence-electron chi connectivity index (χ4n) is 4.06. The van der Waals surface area contributed by atoms with Gasteiger partial charge in [-0.2, -0.15) is 13.2 Å². The average Bonchev–Trinajstić information content (AvgIpc) is 3.31. The minimum atomic E-state index is -4.79. The number of nitrogens with zero attached hydrogens (tertiary/aromatic N) is 5. The van der Waals surface area contributed by atoms with Crippen LogP contribution in [0.1, 0.15) is 30.5 Å². The molecule has 2 atom stereocenters. The second kappa shape index (κ2) is 9.55. The summed E-state index contributed by atoms with van der Waals surface area (Å²) in [4.78, 5) is 43.7. The lowest BCUT2D eigenvalue weighted by molar-refractivity contribution is -0.385. The van der Waals surface area contributed by atoms with E-state index in [0.717, 1.165) is 18.5 Å². The van der Waals surface area contributed by atoms with Crippen molar-refractivity contribution in [1.29, 1.82) is 0 Å². The number of rotatable bonds is 6. The standard InChI is InChI=1S/C22H21F3N6O6/c1-11(12-5-13(22(23,24)25)7-14(6-12)31(35)36)28-18-16-8-17(20(32)29(2)19(16)27-10-26-18)37-15-3-4-30(9-15)21(33)34/h5-8,10-11,15H,3-4,9H2,1-2H3,(H,33,34)(H,26,27,28)/t11-,15-/m1/s1. The minimum absolute atomic E-state index is 0.00528. The quantitative estimate of drug-likeness (QED) is 0.365. The summed E-state index contributed by atoms with van der Waals surface area (Å²) in [6.07, 6.45) is -4.89. The van der Waals surface area contributed by atoms with Crippen LogP contribution < -0.4 is 15.6 Å². The van der Waals surface area contributed by atoms with Crippen LogP contribution in [0.25, 0.3) is 11.0 Å². The van der Waals surface area contributed by atoms with Gasteiger partial charge in [-0.05, 0) is 18.6 Å². The van der Waals surface area contributed by atoms with Crippen LogP contribution in [-0.2, 0) is 13.2 Å². The van der Waals surface area contributed by atoms with Gasteiger partial charge in [0, 0.05) is 38.2 Å². The molecule has 196 valence electrons. The molecule has 0 saturated carbocycles. The van der Waals surface area contributed by atoms with Crippen LogP contribution in [0.15, 0.2) is 35.4 Å². The van der Waals surface area contributed by atoms with Crippen LogP contribution in [0, 0.1) is 10.1 Å². The molecule has 1 amide bonds. The smallest absolute Gasteiger partial charge is 0.416 e. The second-order valence-electron chi connectivity index (χ2n) is 8.52. The average molecular weight is 522 g/mol. The van der Waals surface area contributed by atoms with E-state index in [1.807, 2.05) is 0 Å². The zero-order valence-corrected chi connectivity index (χ0v) is 19.5. The highest BCUT2D eigenvalue weighted by Crippen LogP contribution is 2.35. The molecule has 0 radical (unpaired) electrons. The molecular formula is C22H21F3N6O6. The summed E-state index contributed by atoms with van der Waals surface area (Å²) in [7, 11) is 1.45. The zero-order chi connectivity index (χ0) is 27.1. The van der Waals surface area contributed by atoms with E-state index in [0.29, 0.717) is 17.9 Å². The van der Waals surface area contributed by atoms with Crippen molar-refractivity contribution in [3.05, 3.63) is 62.2 Å². The molecule has 0 bridgehead atoms. The van der Waals surface area contributed by atoms with Crippen molar-refractivity contribution in [2.45, 2.75) is 31.7 Å². The summed E-state index contributed by atoms with van der Waals surface area (Å²) in [5.41, 5.74) is -2.20. The van der Waals surface area contributed by atoms with Gasteiger partial charge in [0.1, 0.15) is 23.9 Å². The van der Waals surface area contributed by atoms with E-state index in [-0.39, 0.29) is 35.9 Å². The first-order valence-electron chi connectivity index (χ1n) is 11.0. The number of aryl methyl sites for hydroxylation is 1. The molecule has 0 spiro atoms. The van der Waals surface area contributed by atoms with E-state index in [1.165, 1.54) is 29.5 Å². The minimum Gasteiger partial charge on any atom is -0.483 e. The lowest BCUT2D eigenvalue weighted by Crippen LogP contribution is -2.31. The summed E-state index contributed by atoms with van der Waals surface area (Å²) in [5, 5.41) is 23.6. The van der Waals surface area contributed by atoms with Gasteiger partial charge in [0.2, 0.25) is 0 Å². The number of aromatic nitrogens is 3. The van der Waals surface area contributed by atoms with Crippen molar-refractivity contribution in [2.24, 2.45) is 7.05 Å². The Hall–Kier alpha value is -4.43. The predicted molar refractivity (Wildman–Crippen MR) is 124 cm³/mol. The van der Waals surface area contributed by atoms with Gasteiger partial charge in [0.05, 0.1) is 28.5 Å². The van der Waals surface area contributed by atoms with Crippen molar-refractivity contribution in [2.75, 3.05) is 18.4 Å². The molecule has 1 saturated heterocycles. The Balaban J connectivity index is 1.69. The molecule has 1 aliphatic rings. The van der Waals surface area contributed by atoms with Crippen molar-refractivity contribution >= 4 is 28.6 Å². The number of nitro benzene ring substituents is 1. The molecule has 3 heterocycles. The fourth-order valence-corrected chi connectivity index (χ4v) is 4.06. The Bertz CT molecular complexity index is 1440. The molecular weight excluding hydrogens is 501 g/mol. The number of halogens is 3. The maximum Gasteiger partial charge on any atom is 0.416 e. The zero-order valence-electron chi connectivity index (χ0n) is 19.5. The van der Waals surface area contributed by atoms with Gasteiger partial charge in [-0.1, -0.05) is 0 Å². The largest absolute Gasteiger partial charge is 0.483 e.